The average Bonchev–Trinajstić information content (AvgIpc) is 3.06. The molecule has 1 heterocycles. The fraction of sp³-hybridized carbons (Fsp3) is 0.875. The van der Waals surface area contributed by atoms with Gasteiger partial charge in [-0.2, -0.15) is 0 Å². The van der Waals surface area contributed by atoms with E-state index in [2.05, 4.69) is 5.32 Å². The molecule has 0 radical (unpaired) electrons. The maximum Gasteiger partial charge on any atom is 0.246 e. The summed E-state index contributed by atoms with van der Waals surface area (Å²) < 4.78 is 0. The van der Waals surface area contributed by atoms with Gasteiger partial charge in [0.15, 0.2) is 0 Å². The minimum Gasteiger partial charge on any atom is -0.345 e. The Kier molecular flexibility index (Phi) is 3.51. The first kappa shape index (κ1) is 13.9. The first-order valence-electron chi connectivity index (χ1n) is 8.19. The van der Waals surface area contributed by atoms with Crippen LogP contribution >= 0.6 is 0 Å². The summed E-state index contributed by atoms with van der Waals surface area (Å²) in [6, 6.07) is 0. The van der Waals surface area contributed by atoms with Crippen molar-refractivity contribution in [3.63, 3.8) is 0 Å². The molecule has 3 unspecified atom stereocenters. The van der Waals surface area contributed by atoms with E-state index in [-0.39, 0.29) is 18.4 Å². The Bertz CT molecular complexity index is 417. The minimum atomic E-state index is -0.600. The third kappa shape index (κ3) is 1.95. The Labute approximate surface area is 121 Å². The van der Waals surface area contributed by atoms with Gasteiger partial charge >= 0.3 is 0 Å². The fourth-order valence-electron chi connectivity index (χ4n) is 4.84. The summed E-state index contributed by atoms with van der Waals surface area (Å²) >= 11 is 0. The zero-order valence-corrected chi connectivity index (χ0v) is 12.7. The van der Waals surface area contributed by atoms with Gasteiger partial charge < -0.3 is 10.2 Å². The van der Waals surface area contributed by atoms with Crippen molar-refractivity contribution in [2.75, 3.05) is 13.1 Å². The molecular weight excluding hydrogens is 252 g/mol. The summed E-state index contributed by atoms with van der Waals surface area (Å²) in [5.41, 5.74) is -0.600. The zero-order chi connectivity index (χ0) is 14.3. The maximum atomic E-state index is 12.4. The molecule has 0 spiro atoms. The molecule has 4 heteroatoms. The molecule has 1 saturated heterocycles. The first-order chi connectivity index (χ1) is 9.60. The Morgan fingerprint density at radius 1 is 1.20 bits per heavy atom. The van der Waals surface area contributed by atoms with E-state index in [0.717, 1.165) is 18.4 Å². The van der Waals surface area contributed by atoms with Crippen LogP contribution in [0.3, 0.4) is 0 Å². The number of hydrogen-bond acceptors (Lipinski definition) is 2. The van der Waals surface area contributed by atoms with E-state index in [1.807, 2.05) is 18.7 Å². The van der Waals surface area contributed by atoms with Crippen LogP contribution in [0.5, 0.6) is 0 Å². The lowest BCUT2D eigenvalue weighted by Crippen LogP contribution is -2.67. The summed E-state index contributed by atoms with van der Waals surface area (Å²) in [7, 11) is 0. The summed E-state index contributed by atoms with van der Waals surface area (Å²) in [5, 5.41) is 2.78. The summed E-state index contributed by atoms with van der Waals surface area (Å²) in [5.74, 6) is 2.46. The van der Waals surface area contributed by atoms with Crippen molar-refractivity contribution >= 4 is 11.8 Å². The fourth-order valence-corrected chi connectivity index (χ4v) is 4.84. The van der Waals surface area contributed by atoms with Crippen LogP contribution in [0.15, 0.2) is 0 Å². The molecule has 3 atom stereocenters. The quantitative estimate of drug-likeness (QED) is 0.854. The smallest absolute Gasteiger partial charge is 0.246 e. The van der Waals surface area contributed by atoms with Crippen LogP contribution in [0, 0.1) is 17.8 Å². The molecule has 2 bridgehead atoms. The molecule has 112 valence electrons. The molecule has 0 aromatic carbocycles. The lowest BCUT2D eigenvalue weighted by Gasteiger charge is -2.46. The highest BCUT2D eigenvalue weighted by molar-refractivity contribution is 5.97. The SMILES string of the molecule is CCC1(CC)C(=O)NCC(=O)N1CC1CC2CCC1C2. The van der Waals surface area contributed by atoms with Crippen LogP contribution in [0.4, 0.5) is 0 Å². The Morgan fingerprint density at radius 3 is 2.50 bits per heavy atom. The van der Waals surface area contributed by atoms with Crippen molar-refractivity contribution in [1.82, 2.24) is 10.2 Å². The predicted molar refractivity (Wildman–Crippen MR) is 77.0 cm³/mol. The van der Waals surface area contributed by atoms with Gasteiger partial charge in [-0.1, -0.05) is 20.3 Å². The summed E-state index contributed by atoms with van der Waals surface area (Å²) in [6.45, 7) is 5.03. The van der Waals surface area contributed by atoms with Gasteiger partial charge in [0, 0.05) is 6.54 Å². The van der Waals surface area contributed by atoms with Crippen molar-refractivity contribution < 1.29 is 9.59 Å². The molecular formula is C16H26N2O2. The van der Waals surface area contributed by atoms with E-state index >= 15 is 0 Å². The second-order valence-electron chi connectivity index (χ2n) is 6.86. The van der Waals surface area contributed by atoms with E-state index in [1.165, 1.54) is 25.7 Å². The molecule has 0 aromatic heterocycles. The third-order valence-electron chi connectivity index (χ3n) is 6.11. The number of piperazine rings is 1. The Balaban J connectivity index is 1.80. The van der Waals surface area contributed by atoms with Gasteiger partial charge in [-0.3, -0.25) is 9.59 Å². The molecule has 3 fully saturated rings. The summed E-state index contributed by atoms with van der Waals surface area (Å²) in [4.78, 5) is 26.7. The minimum absolute atomic E-state index is 0.0465. The highest BCUT2D eigenvalue weighted by Gasteiger charge is 2.49. The number of rotatable bonds is 4. The van der Waals surface area contributed by atoms with Gasteiger partial charge in [-0.25, -0.2) is 0 Å². The van der Waals surface area contributed by atoms with E-state index in [9.17, 15) is 9.59 Å². The second-order valence-corrected chi connectivity index (χ2v) is 6.86. The molecule has 3 aliphatic rings. The van der Waals surface area contributed by atoms with Gasteiger partial charge in [0.2, 0.25) is 11.8 Å². The van der Waals surface area contributed by atoms with Gasteiger partial charge in [0.25, 0.3) is 0 Å². The molecule has 4 nitrogen and oxygen atoms in total. The van der Waals surface area contributed by atoms with Gasteiger partial charge in [-0.15, -0.1) is 0 Å². The number of amides is 2. The van der Waals surface area contributed by atoms with E-state index in [0.29, 0.717) is 18.8 Å². The Hall–Kier alpha value is -1.06. The number of nitrogens with one attached hydrogen (secondary N) is 1. The van der Waals surface area contributed by atoms with Crippen LogP contribution in [0.2, 0.25) is 0 Å². The lowest BCUT2D eigenvalue weighted by atomic mass is 9.83. The van der Waals surface area contributed by atoms with Crippen molar-refractivity contribution in [2.45, 2.75) is 57.9 Å². The van der Waals surface area contributed by atoms with Crippen LogP contribution in [-0.2, 0) is 9.59 Å². The number of hydrogen-bond donors (Lipinski definition) is 1. The normalized spacial score (nSPS) is 35.5. The molecule has 2 saturated carbocycles. The molecule has 2 aliphatic carbocycles. The predicted octanol–water partition coefficient (Wildman–Crippen LogP) is 1.94. The van der Waals surface area contributed by atoms with Crippen LogP contribution in [0.25, 0.3) is 0 Å². The molecule has 1 aliphatic heterocycles. The average molecular weight is 278 g/mol. The van der Waals surface area contributed by atoms with Gasteiger partial charge in [0.1, 0.15) is 5.54 Å². The largest absolute Gasteiger partial charge is 0.345 e. The lowest BCUT2D eigenvalue weighted by molar-refractivity contribution is -0.155. The molecule has 2 amide bonds. The summed E-state index contributed by atoms with van der Waals surface area (Å²) in [6.07, 6.45) is 6.74. The number of nitrogens with zero attached hydrogens (tertiary/aromatic N) is 1. The van der Waals surface area contributed by atoms with Gasteiger partial charge in [-0.05, 0) is 49.9 Å². The van der Waals surface area contributed by atoms with Crippen molar-refractivity contribution in [3.8, 4) is 0 Å². The first-order valence-corrected chi connectivity index (χ1v) is 8.19. The monoisotopic (exact) mass is 278 g/mol. The van der Waals surface area contributed by atoms with Crippen LogP contribution in [-0.4, -0.2) is 35.3 Å². The van der Waals surface area contributed by atoms with E-state index in [4.69, 9.17) is 0 Å². The molecule has 0 aromatic rings. The highest BCUT2D eigenvalue weighted by Crippen LogP contribution is 2.49. The zero-order valence-electron chi connectivity index (χ0n) is 12.7. The van der Waals surface area contributed by atoms with E-state index in [1.54, 1.807) is 0 Å². The van der Waals surface area contributed by atoms with Gasteiger partial charge in [0.05, 0.1) is 6.54 Å². The third-order valence-corrected chi connectivity index (χ3v) is 6.11. The number of carbonyl (C=O) groups is 2. The topological polar surface area (TPSA) is 49.4 Å². The number of carbonyl (C=O) groups excluding carboxylic acids is 2. The maximum absolute atomic E-state index is 12.4. The standard InChI is InChI=1S/C16H26N2O2/c1-3-16(4-2)15(20)17-9-14(19)18(16)10-13-8-11-5-6-12(13)7-11/h11-13H,3-10H2,1-2H3,(H,17,20). The van der Waals surface area contributed by atoms with Crippen molar-refractivity contribution in [2.24, 2.45) is 17.8 Å². The van der Waals surface area contributed by atoms with Crippen LogP contribution in [0.1, 0.15) is 52.4 Å². The second kappa shape index (κ2) is 5.05. The highest BCUT2D eigenvalue weighted by atomic mass is 16.2. The molecule has 20 heavy (non-hydrogen) atoms. The van der Waals surface area contributed by atoms with E-state index < -0.39 is 5.54 Å². The molecule has 3 rings (SSSR count). The molecule has 1 N–H and O–H groups in total. The van der Waals surface area contributed by atoms with Crippen LogP contribution < -0.4 is 5.32 Å². The Morgan fingerprint density at radius 2 is 1.95 bits per heavy atom. The van der Waals surface area contributed by atoms with Crippen molar-refractivity contribution in [3.05, 3.63) is 0 Å². The van der Waals surface area contributed by atoms with Crippen molar-refractivity contribution in [1.29, 1.82) is 0 Å². The number of fused-ring (bicyclic) bond motifs is 2.